The van der Waals surface area contributed by atoms with Crippen LogP contribution in [0.2, 0.25) is 0 Å². The fourth-order valence-electron chi connectivity index (χ4n) is 5.16. The third-order valence-corrected chi connectivity index (χ3v) is 6.97. The zero-order chi connectivity index (χ0) is 24.2. The van der Waals surface area contributed by atoms with E-state index in [-0.39, 0.29) is 0 Å². The van der Waals surface area contributed by atoms with Crippen molar-refractivity contribution in [1.29, 1.82) is 0 Å². The number of hydrogen-bond donors (Lipinski definition) is 0. The highest BCUT2D eigenvalue weighted by Crippen LogP contribution is 2.33. The molecule has 4 aromatic rings. The van der Waals surface area contributed by atoms with E-state index in [0.29, 0.717) is 12.6 Å². The molecule has 0 saturated carbocycles. The van der Waals surface area contributed by atoms with Crippen LogP contribution < -0.4 is 4.74 Å². The number of nitrogens with zero attached hydrogens (tertiary/aromatic N) is 6. The lowest BCUT2D eigenvalue weighted by molar-refractivity contribution is 0.277. The van der Waals surface area contributed by atoms with Gasteiger partial charge < -0.3 is 9.30 Å². The van der Waals surface area contributed by atoms with E-state index in [1.165, 1.54) is 35.0 Å². The number of ether oxygens (including phenoxy) is 1. The second-order valence-electron chi connectivity index (χ2n) is 9.43. The minimum atomic E-state index is 0.514. The fraction of sp³-hybridized carbons (Fsp3) is 0.500. The van der Waals surface area contributed by atoms with Gasteiger partial charge in [-0.3, -0.25) is 0 Å². The molecule has 184 valence electrons. The van der Waals surface area contributed by atoms with Gasteiger partial charge in [-0.15, -0.1) is 5.10 Å². The van der Waals surface area contributed by atoms with Crippen molar-refractivity contribution in [1.82, 2.24) is 29.5 Å². The third-order valence-electron chi connectivity index (χ3n) is 6.97. The standard InChI is InChI=1S/C28H36N6O/c1-4-10-22-19-34(32-31-22)23-13-14-27-25(18-23)24-11-7-8-12-26(24)33(27)15-9-16-35-28-29-20(5-2)17-21(6-3)30-28/h13-14,17-19H,4-12,15-16H2,1-3H3. The summed E-state index contributed by atoms with van der Waals surface area (Å²) in [5.74, 6) is 0. The molecule has 3 aromatic heterocycles. The minimum Gasteiger partial charge on any atom is -0.463 e. The Labute approximate surface area is 207 Å². The van der Waals surface area contributed by atoms with E-state index in [1.54, 1.807) is 0 Å². The summed E-state index contributed by atoms with van der Waals surface area (Å²) in [6.07, 6.45) is 11.6. The van der Waals surface area contributed by atoms with E-state index in [9.17, 15) is 0 Å². The lowest BCUT2D eigenvalue weighted by Gasteiger charge is -2.16. The van der Waals surface area contributed by atoms with Crippen molar-refractivity contribution in [3.05, 3.63) is 58.8 Å². The maximum absolute atomic E-state index is 5.99. The maximum atomic E-state index is 5.99. The molecule has 0 unspecified atom stereocenters. The zero-order valence-electron chi connectivity index (χ0n) is 21.3. The van der Waals surface area contributed by atoms with E-state index < -0.39 is 0 Å². The lowest BCUT2D eigenvalue weighted by atomic mass is 9.95. The van der Waals surface area contributed by atoms with E-state index in [4.69, 9.17) is 4.74 Å². The number of rotatable bonds is 10. The Morgan fingerprint density at radius 3 is 2.51 bits per heavy atom. The Kier molecular flexibility index (Phi) is 7.11. The molecular weight excluding hydrogens is 436 g/mol. The average molecular weight is 473 g/mol. The third kappa shape index (κ3) is 4.95. The Balaban J connectivity index is 1.35. The van der Waals surface area contributed by atoms with Crippen LogP contribution in [-0.2, 0) is 38.6 Å². The normalized spacial score (nSPS) is 13.3. The van der Waals surface area contributed by atoms with E-state index in [0.717, 1.165) is 74.3 Å². The zero-order valence-corrected chi connectivity index (χ0v) is 21.3. The molecule has 5 rings (SSSR count). The molecule has 0 saturated heterocycles. The van der Waals surface area contributed by atoms with Crippen molar-refractivity contribution in [2.45, 2.75) is 85.1 Å². The van der Waals surface area contributed by atoms with Crippen molar-refractivity contribution in [2.24, 2.45) is 0 Å². The number of benzene rings is 1. The van der Waals surface area contributed by atoms with E-state index in [2.05, 4.69) is 76.1 Å². The lowest BCUT2D eigenvalue weighted by Crippen LogP contribution is -2.11. The molecule has 1 aromatic carbocycles. The van der Waals surface area contributed by atoms with Gasteiger partial charge in [-0.25, -0.2) is 14.6 Å². The summed E-state index contributed by atoms with van der Waals surface area (Å²) in [7, 11) is 0. The Hall–Kier alpha value is -3.22. The van der Waals surface area contributed by atoms with Gasteiger partial charge >= 0.3 is 6.01 Å². The highest BCUT2D eigenvalue weighted by molar-refractivity contribution is 5.87. The summed E-state index contributed by atoms with van der Waals surface area (Å²) in [5.41, 5.74) is 8.53. The summed E-state index contributed by atoms with van der Waals surface area (Å²) >= 11 is 0. The van der Waals surface area contributed by atoms with Crippen LogP contribution in [-0.4, -0.2) is 36.1 Å². The second kappa shape index (κ2) is 10.6. The molecule has 1 aliphatic carbocycles. The number of aryl methyl sites for hydroxylation is 5. The molecule has 0 fully saturated rings. The number of aromatic nitrogens is 6. The van der Waals surface area contributed by atoms with Crippen LogP contribution in [0.25, 0.3) is 16.6 Å². The first-order chi connectivity index (χ1) is 17.2. The molecule has 3 heterocycles. The Morgan fingerprint density at radius 2 is 1.74 bits per heavy atom. The van der Waals surface area contributed by atoms with Crippen molar-refractivity contribution < 1.29 is 4.74 Å². The molecule has 0 aliphatic heterocycles. The van der Waals surface area contributed by atoms with Gasteiger partial charge in [-0.05, 0) is 81.2 Å². The summed E-state index contributed by atoms with van der Waals surface area (Å²) in [6.45, 7) is 7.95. The fourth-order valence-corrected chi connectivity index (χ4v) is 5.16. The number of fused-ring (bicyclic) bond motifs is 3. The first kappa shape index (κ1) is 23.5. The van der Waals surface area contributed by atoms with Gasteiger partial charge in [-0.2, -0.15) is 0 Å². The molecule has 0 N–H and O–H groups in total. The van der Waals surface area contributed by atoms with Crippen molar-refractivity contribution in [3.63, 3.8) is 0 Å². The molecule has 0 amide bonds. The van der Waals surface area contributed by atoms with Crippen LogP contribution in [0, 0.1) is 0 Å². The first-order valence-corrected chi connectivity index (χ1v) is 13.2. The maximum Gasteiger partial charge on any atom is 0.316 e. The molecular formula is C28H36N6O. The van der Waals surface area contributed by atoms with Gasteiger partial charge in [0.15, 0.2) is 0 Å². The molecule has 1 aliphatic rings. The van der Waals surface area contributed by atoms with Crippen LogP contribution in [0.15, 0.2) is 30.5 Å². The van der Waals surface area contributed by atoms with Gasteiger partial charge in [0, 0.05) is 34.5 Å². The van der Waals surface area contributed by atoms with Gasteiger partial charge in [0.05, 0.1) is 24.2 Å². The smallest absolute Gasteiger partial charge is 0.316 e. The van der Waals surface area contributed by atoms with Gasteiger partial charge in [0.1, 0.15) is 0 Å². The highest BCUT2D eigenvalue weighted by Gasteiger charge is 2.20. The first-order valence-electron chi connectivity index (χ1n) is 13.2. The van der Waals surface area contributed by atoms with Gasteiger partial charge in [0.2, 0.25) is 0 Å². The SMILES string of the molecule is CCCc1cn(-c2ccc3c(c2)c2c(n3CCCOc3nc(CC)cc(CC)n3)CCCC2)nn1. The molecule has 35 heavy (non-hydrogen) atoms. The molecule has 0 atom stereocenters. The highest BCUT2D eigenvalue weighted by atomic mass is 16.5. The molecule has 0 bridgehead atoms. The van der Waals surface area contributed by atoms with Crippen LogP contribution in [0.1, 0.15) is 74.8 Å². The Morgan fingerprint density at radius 1 is 0.943 bits per heavy atom. The van der Waals surface area contributed by atoms with E-state index >= 15 is 0 Å². The Bertz CT molecular complexity index is 1280. The van der Waals surface area contributed by atoms with Crippen molar-refractivity contribution in [3.8, 4) is 11.7 Å². The molecule has 0 radical (unpaired) electrons. The monoisotopic (exact) mass is 472 g/mol. The summed E-state index contributed by atoms with van der Waals surface area (Å²) in [5, 5.41) is 10.1. The van der Waals surface area contributed by atoms with Crippen molar-refractivity contribution in [2.75, 3.05) is 6.61 Å². The van der Waals surface area contributed by atoms with Crippen molar-refractivity contribution >= 4 is 10.9 Å². The van der Waals surface area contributed by atoms with Crippen LogP contribution in [0.3, 0.4) is 0 Å². The molecule has 7 heteroatoms. The quantitative estimate of drug-likeness (QED) is 0.288. The molecule has 0 spiro atoms. The van der Waals surface area contributed by atoms with Gasteiger partial charge in [0.25, 0.3) is 0 Å². The predicted molar refractivity (Wildman–Crippen MR) is 138 cm³/mol. The second-order valence-corrected chi connectivity index (χ2v) is 9.43. The van der Waals surface area contributed by atoms with Crippen LogP contribution in [0.5, 0.6) is 6.01 Å². The molecule has 7 nitrogen and oxygen atoms in total. The summed E-state index contributed by atoms with van der Waals surface area (Å²) < 4.78 is 10.4. The van der Waals surface area contributed by atoms with Crippen LogP contribution >= 0.6 is 0 Å². The largest absolute Gasteiger partial charge is 0.463 e. The number of hydrogen-bond acceptors (Lipinski definition) is 5. The minimum absolute atomic E-state index is 0.514. The summed E-state index contributed by atoms with van der Waals surface area (Å²) in [6, 6.07) is 9.31. The van der Waals surface area contributed by atoms with E-state index in [1.807, 2.05) is 4.68 Å². The van der Waals surface area contributed by atoms with Crippen LogP contribution in [0.4, 0.5) is 0 Å². The average Bonchev–Trinajstić information content (AvgIpc) is 3.49. The summed E-state index contributed by atoms with van der Waals surface area (Å²) in [4.78, 5) is 9.11. The topological polar surface area (TPSA) is 70.7 Å². The van der Waals surface area contributed by atoms with Gasteiger partial charge in [-0.1, -0.05) is 32.4 Å². The predicted octanol–water partition coefficient (Wildman–Crippen LogP) is 5.44.